The van der Waals surface area contributed by atoms with Crippen LogP contribution in [0.3, 0.4) is 0 Å². The summed E-state index contributed by atoms with van der Waals surface area (Å²) < 4.78 is 5.07. The molecule has 2 unspecified atom stereocenters. The molecule has 2 aromatic carbocycles. The molecule has 0 N–H and O–H groups in total. The maximum Gasteiger partial charge on any atom is 0.163 e. The van der Waals surface area contributed by atoms with Gasteiger partial charge in [-0.2, -0.15) is 0 Å². The third kappa shape index (κ3) is 5.61. The SMILES string of the molecule is COC=CC(Sc1ccccc1)C(C)CC(=O)c1ccccc1. The maximum atomic E-state index is 12.4. The van der Waals surface area contributed by atoms with E-state index in [1.54, 1.807) is 25.1 Å². The molecule has 0 fully saturated rings. The number of benzene rings is 2. The van der Waals surface area contributed by atoms with Crippen molar-refractivity contribution >= 4 is 17.5 Å². The van der Waals surface area contributed by atoms with E-state index in [9.17, 15) is 4.79 Å². The third-order valence-corrected chi connectivity index (χ3v) is 5.02. The lowest BCUT2D eigenvalue weighted by Crippen LogP contribution is -2.16. The van der Waals surface area contributed by atoms with Crippen LogP contribution in [0.1, 0.15) is 23.7 Å². The Morgan fingerprint density at radius 1 is 1.09 bits per heavy atom. The van der Waals surface area contributed by atoms with Crippen molar-refractivity contribution in [3.05, 3.63) is 78.6 Å². The molecule has 120 valence electrons. The standard InChI is InChI=1S/C20H22O2S/c1-16(15-19(21)17-9-5-3-6-10-17)20(13-14-22-2)23-18-11-7-4-8-12-18/h3-14,16,20H,15H2,1-2H3. The second kappa shape index (κ2) is 9.21. The van der Waals surface area contributed by atoms with Gasteiger partial charge in [-0.05, 0) is 24.1 Å². The lowest BCUT2D eigenvalue weighted by molar-refractivity contribution is 0.0965. The summed E-state index contributed by atoms with van der Waals surface area (Å²) >= 11 is 1.75. The van der Waals surface area contributed by atoms with Gasteiger partial charge < -0.3 is 4.74 Å². The Kier molecular flexibility index (Phi) is 6.95. The smallest absolute Gasteiger partial charge is 0.163 e. The van der Waals surface area contributed by atoms with Crippen LogP contribution < -0.4 is 0 Å². The number of carbonyl (C=O) groups is 1. The Hall–Kier alpha value is -2.00. The quantitative estimate of drug-likeness (QED) is 0.378. The number of thioether (sulfide) groups is 1. The van der Waals surface area contributed by atoms with Gasteiger partial charge in [0, 0.05) is 22.1 Å². The van der Waals surface area contributed by atoms with Gasteiger partial charge in [0.25, 0.3) is 0 Å². The fraction of sp³-hybridized carbons (Fsp3) is 0.250. The van der Waals surface area contributed by atoms with Crippen molar-refractivity contribution in [2.75, 3.05) is 7.11 Å². The summed E-state index contributed by atoms with van der Waals surface area (Å²) in [6.45, 7) is 2.11. The first-order valence-corrected chi connectivity index (χ1v) is 8.58. The van der Waals surface area contributed by atoms with E-state index in [1.807, 2.05) is 54.6 Å². The van der Waals surface area contributed by atoms with Gasteiger partial charge in [-0.15, -0.1) is 11.8 Å². The van der Waals surface area contributed by atoms with Gasteiger partial charge in [-0.25, -0.2) is 0 Å². The van der Waals surface area contributed by atoms with Crippen molar-refractivity contribution in [1.29, 1.82) is 0 Å². The molecule has 0 spiro atoms. The van der Waals surface area contributed by atoms with E-state index in [4.69, 9.17) is 4.74 Å². The zero-order valence-corrected chi connectivity index (χ0v) is 14.3. The van der Waals surface area contributed by atoms with Crippen molar-refractivity contribution in [3.8, 4) is 0 Å². The van der Waals surface area contributed by atoms with Crippen LogP contribution in [0.5, 0.6) is 0 Å². The first-order chi connectivity index (χ1) is 11.2. The largest absolute Gasteiger partial charge is 0.505 e. The van der Waals surface area contributed by atoms with Gasteiger partial charge in [0.15, 0.2) is 5.78 Å². The van der Waals surface area contributed by atoms with Crippen molar-refractivity contribution in [1.82, 2.24) is 0 Å². The predicted octanol–water partition coefficient (Wildman–Crippen LogP) is 5.22. The number of ether oxygens (including phenoxy) is 1. The van der Waals surface area contributed by atoms with Crippen LogP contribution in [-0.4, -0.2) is 18.1 Å². The number of ketones is 1. The molecule has 2 rings (SSSR count). The third-order valence-electron chi connectivity index (χ3n) is 3.58. The molecule has 0 aliphatic heterocycles. The van der Waals surface area contributed by atoms with Gasteiger partial charge in [0.1, 0.15) is 0 Å². The molecular formula is C20H22O2S. The van der Waals surface area contributed by atoms with Crippen LogP contribution in [0.4, 0.5) is 0 Å². The summed E-state index contributed by atoms with van der Waals surface area (Å²) in [5.74, 6) is 0.391. The summed E-state index contributed by atoms with van der Waals surface area (Å²) in [6.07, 6.45) is 4.24. The average Bonchev–Trinajstić information content (AvgIpc) is 2.60. The number of hydrogen-bond acceptors (Lipinski definition) is 3. The van der Waals surface area contributed by atoms with E-state index in [2.05, 4.69) is 19.1 Å². The van der Waals surface area contributed by atoms with E-state index in [0.717, 1.165) is 5.56 Å². The molecule has 23 heavy (non-hydrogen) atoms. The highest BCUT2D eigenvalue weighted by atomic mass is 32.2. The van der Waals surface area contributed by atoms with Gasteiger partial charge in [-0.3, -0.25) is 4.79 Å². The van der Waals surface area contributed by atoms with Crippen LogP contribution >= 0.6 is 11.8 Å². The fourth-order valence-corrected chi connectivity index (χ4v) is 3.41. The Morgan fingerprint density at radius 3 is 2.30 bits per heavy atom. The van der Waals surface area contributed by atoms with Crippen molar-refractivity contribution in [2.45, 2.75) is 23.5 Å². The first-order valence-electron chi connectivity index (χ1n) is 7.70. The van der Waals surface area contributed by atoms with Crippen LogP contribution in [0.2, 0.25) is 0 Å². The molecule has 0 aliphatic carbocycles. The highest BCUT2D eigenvalue weighted by Gasteiger charge is 2.20. The number of hydrogen-bond donors (Lipinski definition) is 0. The highest BCUT2D eigenvalue weighted by Crippen LogP contribution is 2.31. The number of Topliss-reactive ketones (excluding diaryl/α,β-unsaturated/α-hetero) is 1. The molecule has 3 heteroatoms. The molecule has 0 saturated heterocycles. The van der Waals surface area contributed by atoms with Crippen molar-refractivity contribution in [3.63, 3.8) is 0 Å². The topological polar surface area (TPSA) is 26.3 Å². The second-order valence-corrected chi connectivity index (χ2v) is 6.68. The van der Waals surface area contributed by atoms with E-state index in [1.165, 1.54) is 4.90 Å². The average molecular weight is 326 g/mol. The molecule has 0 amide bonds. The Labute approximate surface area is 142 Å². The minimum atomic E-state index is 0.183. The fourth-order valence-electron chi connectivity index (χ4n) is 2.31. The molecule has 0 aliphatic rings. The van der Waals surface area contributed by atoms with Crippen molar-refractivity contribution < 1.29 is 9.53 Å². The van der Waals surface area contributed by atoms with Gasteiger partial charge >= 0.3 is 0 Å². The summed E-state index contributed by atoms with van der Waals surface area (Å²) in [4.78, 5) is 13.6. The molecule has 2 atom stereocenters. The number of methoxy groups -OCH3 is 1. The zero-order chi connectivity index (χ0) is 16.5. The second-order valence-electron chi connectivity index (χ2n) is 5.43. The van der Waals surface area contributed by atoms with E-state index in [-0.39, 0.29) is 17.0 Å². The van der Waals surface area contributed by atoms with Crippen LogP contribution in [-0.2, 0) is 4.74 Å². The Balaban J connectivity index is 2.05. The monoisotopic (exact) mass is 326 g/mol. The lowest BCUT2D eigenvalue weighted by Gasteiger charge is -2.20. The maximum absolute atomic E-state index is 12.4. The minimum Gasteiger partial charge on any atom is -0.505 e. The summed E-state index contributed by atoms with van der Waals surface area (Å²) in [7, 11) is 1.64. The van der Waals surface area contributed by atoms with Gasteiger partial charge in [0.05, 0.1) is 13.4 Å². The molecule has 2 nitrogen and oxygen atoms in total. The van der Waals surface area contributed by atoms with E-state index < -0.39 is 0 Å². The Bertz CT molecular complexity index is 623. The molecular weight excluding hydrogens is 304 g/mol. The van der Waals surface area contributed by atoms with Crippen LogP contribution in [0.15, 0.2) is 77.9 Å². The summed E-state index contributed by atoms with van der Waals surface area (Å²) in [6, 6.07) is 19.7. The van der Waals surface area contributed by atoms with Crippen LogP contribution in [0.25, 0.3) is 0 Å². The molecule has 0 heterocycles. The molecule has 0 bridgehead atoms. The summed E-state index contributed by atoms with van der Waals surface area (Å²) in [5, 5.41) is 0.185. The minimum absolute atomic E-state index is 0.183. The first kappa shape index (κ1) is 17.4. The predicted molar refractivity (Wildman–Crippen MR) is 96.8 cm³/mol. The zero-order valence-electron chi connectivity index (χ0n) is 13.5. The molecule has 0 radical (unpaired) electrons. The van der Waals surface area contributed by atoms with E-state index in [0.29, 0.717) is 6.42 Å². The summed E-state index contributed by atoms with van der Waals surface area (Å²) in [5.41, 5.74) is 0.776. The number of carbonyl (C=O) groups excluding carboxylic acids is 1. The highest BCUT2D eigenvalue weighted by molar-refractivity contribution is 8.00. The lowest BCUT2D eigenvalue weighted by atomic mass is 9.97. The van der Waals surface area contributed by atoms with Gasteiger partial charge in [0.2, 0.25) is 0 Å². The molecule has 0 saturated carbocycles. The van der Waals surface area contributed by atoms with Gasteiger partial charge in [-0.1, -0.05) is 55.5 Å². The van der Waals surface area contributed by atoms with Crippen LogP contribution in [0, 0.1) is 5.92 Å². The van der Waals surface area contributed by atoms with E-state index >= 15 is 0 Å². The molecule has 0 aromatic heterocycles. The number of rotatable bonds is 8. The molecule has 2 aromatic rings. The normalized spacial score (nSPS) is 13.7. The van der Waals surface area contributed by atoms with Crippen molar-refractivity contribution in [2.24, 2.45) is 5.92 Å². The Morgan fingerprint density at radius 2 is 1.70 bits per heavy atom.